The van der Waals surface area contributed by atoms with Crippen molar-refractivity contribution in [2.75, 3.05) is 6.54 Å². The van der Waals surface area contributed by atoms with Gasteiger partial charge < -0.3 is 0 Å². The van der Waals surface area contributed by atoms with Gasteiger partial charge in [0.15, 0.2) is 0 Å². The van der Waals surface area contributed by atoms with Gasteiger partial charge in [-0.3, -0.25) is 29.6 Å². The van der Waals surface area contributed by atoms with E-state index in [9.17, 15) is 14.9 Å². The standard InChI is InChI=1S/C14H16N4O3/c1-16-13-9-17(7-6-12(13)14(19)15-16)8-10-2-4-11(5-3-10)18(20)21/h2-5H,6-9H2,1H3,(H,15,19). The van der Waals surface area contributed by atoms with E-state index in [1.54, 1.807) is 16.8 Å². The summed E-state index contributed by atoms with van der Waals surface area (Å²) < 4.78 is 1.78. The predicted octanol–water partition coefficient (Wildman–Crippen LogP) is 1.18. The highest BCUT2D eigenvalue weighted by molar-refractivity contribution is 5.33. The van der Waals surface area contributed by atoms with Crippen LogP contribution in [-0.2, 0) is 26.6 Å². The Labute approximate surface area is 120 Å². The fourth-order valence-electron chi connectivity index (χ4n) is 2.76. The maximum atomic E-state index is 11.7. The third-order valence-electron chi connectivity index (χ3n) is 3.90. The average molecular weight is 288 g/mol. The lowest BCUT2D eigenvalue weighted by Gasteiger charge is -2.26. The molecule has 0 aliphatic carbocycles. The number of aromatic nitrogens is 2. The molecule has 1 aromatic heterocycles. The maximum Gasteiger partial charge on any atom is 0.269 e. The normalized spacial score (nSPS) is 14.9. The molecule has 3 rings (SSSR count). The van der Waals surface area contributed by atoms with Crippen molar-refractivity contribution in [3.63, 3.8) is 0 Å². The molecular weight excluding hydrogens is 272 g/mol. The number of rotatable bonds is 3. The molecule has 1 aliphatic rings. The first-order valence-electron chi connectivity index (χ1n) is 6.77. The molecule has 21 heavy (non-hydrogen) atoms. The quantitative estimate of drug-likeness (QED) is 0.679. The summed E-state index contributed by atoms with van der Waals surface area (Å²) in [6, 6.07) is 6.61. The highest BCUT2D eigenvalue weighted by Gasteiger charge is 2.22. The lowest BCUT2D eigenvalue weighted by molar-refractivity contribution is -0.384. The zero-order valence-electron chi connectivity index (χ0n) is 11.7. The first-order chi connectivity index (χ1) is 10.0. The number of nitrogens with zero attached hydrogens (tertiary/aromatic N) is 3. The summed E-state index contributed by atoms with van der Waals surface area (Å²) in [5, 5.41) is 13.4. The second kappa shape index (κ2) is 5.17. The van der Waals surface area contributed by atoms with E-state index in [1.165, 1.54) is 12.1 Å². The number of hydrogen-bond donors (Lipinski definition) is 1. The van der Waals surface area contributed by atoms with Crippen LogP contribution in [0.15, 0.2) is 29.1 Å². The van der Waals surface area contributed by atoms with E-state index >= 15 is 0 Å². The number of aryl methyl sites for hydroxylation is 1. The summed E-state index contributed by atoms with van der Waals surface area (Å²) in [5.74, 6) is 0. The maximum absolute atomic E-state index is 11.7. The van der Waals surface area contributed by atoms with Gasteiger partial charge in [0.1, 0.15) is 0 Å². The number of benzene rings is 1. The number of nitro groups is 1. The second-order valence-electron chi connectivity index (χ2n) is 5.31. The van der Waals surface area contributed by atoms with E-state index in [2.05, 4.69) is 10.00 Å². The molecule has 0 spiro atoms. The molecule has 1 N–H and O–H groups in total. The Kier molecular flexibility index (Phi) is 3.34. The van der Waals surface area contributed by atoms with E-state index in [1.807, 2.05) is 7.05 Å². The molecule has 1 aromatic carbocycles. The number of hydrogen-bond acceptors (Lipinski definition) is 4. The van der Waals surface area contributed by atoms with Gasteiger partial charge in [-0.05, 0) is 12.0 Å². The van der Waals surface area contributed by atoms with Crippen LogP contribution in [-0.4, -0.2) is 26.1 Å². The van der Waals surface area contributed by atoms with Gasteiger partial charge >= 0.3 is 0 Å². The lowest BCUT2D eigenvalue weighted by atomic mass is 10.1. The molecular formula is C14H16N4O3. The van der Waals surface area contributed by atoms with Crippen LogP contribution >= 0.6 is 0 Å². The van der Waals surface area contributed by atoms with Gasteiger partial charge in [0, 0.05) is 44.4 Å². The van der Waals surface area contributed by atoms with Gasteiger partial charge in [0.2, 0.25) is 0 Å². The van der Waals surface area contributed by atoms with Crippen LogP contribution in [0, 0.1) is 10.1 Å². The average Bonchev–Trinajstić information content (AvgIpc) is 2.74. The fraction of sp³-hybridized carbons (Fsp3) is 0.357. The minimum atomic E-state index is -0.396. The molecule has 0 unspecified atom stereocenters. The summed E-state index contributed by atoms with van der Waals surface area (Å²) >= 11 is 0. The molecule has 0 atom stereocenters. The number of H-pyrrole nitrogens is 1. The van der Waals surface area contributed by atoms with Gasteiger partial charge in [-0.25, -0.2) is 0 Å². The Hall–Kier alpha value is -2.41. The third kappa shape index (κ3) is 2.59. The van der Waals surface area contributed by atoms with Crippen molar-refractivity contribution in [1.29, 1.82) is 0 Å². The van der Waals surface area contributed by atoms with Crippen LogP contribution in [0.4, 0.5) is 5.69 Å². The summed E-state index contributed by atoms with van der Waals surface area (Å²) in [6.45, 7) is 2.25. The fourth-order valence-corrected chi connectivity index (χ4v) is 2.76. The Morgan fingerprint density at radius 2 is 2.05 bits per heavy atom. The zero-order valence-corrected chi connectivity index (χ0v) is 11.7. The molecule has 2 aromatic rings. The molecule has 7 nitrogen and oxygen atoms in total. The second-order valence-corrected chi connectivity index (χ2v) is 5.31. The molecule has 2 heterocycles. The number of fused-ring (bicyclic) bond motifs is 1. The van der Waals surface area contributed by atoms with Crippen LogP contribution in [0.1, 0.15) is 16.8 Å². The van der Waals surface area contributed by atoms with Crippen molar-refractivity contribution >= 4 is 5.69 Å². The van der Waals surface area contributed by atoms with Crippen molar-refractivity contribution in [3.8, 4) is 0 Å². The Morgan fingerprint density at radius 3 is 2.71 bits per heavy atom. The Balaban J connectivity index is 1.73. The SMILES string of the molecule is Cn1[nH]c(=O)c2c1CN(Cc1ccc([N+](=O)[O-])cc1)CC2. The molecule has 0 radical (unpaired) electrons. The first kappa shape index (κ1) is 13.6. The predicted molar refractivity (Wildman–Crippen MR) is 76.9 cm³/mol. The minimum Gasteiger partial charge on any atom is -0.293 e. The van der Waals surface area contributed by atoms with E-state index in [0.29, 0.717) is 6.54 Å². The minimum absolute atomic E-state index is 0.00230. The molecule has 0 bridgehead atoms. The van der Waals surface area contributed by atoms with Crippen LogP contribution in [0.2, 0.25) is 0 Å². The van der Waals surface area contributed by atoms with Crippen LogP contribution in [0.5, 0.6) is 0 Å². The van der Waals surface area contributed by atoms with Crippen molar-refractivity contribution in [1.82, 2.24) is 14.7 Å². The Morgan fingerprint density at radius 1 is 1.33 bits per heavy atom. The number of aromatic amines is 1. The molecule has 0 saturated carbocycles. The lowest BCUT2D eigenvalue weighted by Crippen LogP contribution is -2.32. The van der Waals surface area contributed by atoms with Crippen LogP contribution in [0.25, 0.3) is 0 Å². The molecule has 0 amide bonds. The van der Waals surface area contributed by atoms with Crippen LogP contribution in [0.3, 0.4) is 0 Å². The number of nitrogens with one attached hydrogen (secondary N) is 1. The largest absolute Gasteiger partial charge is 0.293 e. The van der Waals surface area contributed by atoms with Crippen molar-refractivity contribution in [2.45, 2.75) is 19.5 Å². The van der Waals surface area contributed by atoms with Crippen molar-refractivity contribution in [2.24, 2.45) is 7.05 Å². The highest BCUT2D eigenvalue weighted by atomic mass is 16.6. The molecule has 7 heteroatoms. The first-order valence-corrected chi connectivity index (χ1v) is 6.77. The summed E-state index contributed by atoms with van der Waals surface area (Å²) in [7, 11) is 1.84. The van der Waals surface area contributed by atoms with Crippen molar-refractivity contribution in [3.05, 3.63) is 61.6 Å². The number of non-ortho nitro benzene ring substituents is 1. The zero-order chi connectivity index (χ0) is 15.0. The van der Waals surface area contributed by atoms with Gasteiger partial charge in [-0.1, -0.05) is 12.1 Å². The highest BCUT2D eigenvalue weighted by Crippen LogP contribution is 2.19. The number of nitro benzene ring substituents is 1. The third-order valence-corrected chi connectivity index (χ3v) is 3.90. The molecule has 1 aliphatic heterocycles. The van der Waals surface area contributed by atoms with Crippen molar-refractivity contribution < 1.29 is 4.92 Å². The summed E-state index contributed by atoms with van der Waals surface area (Å²) in [5.41, 5.74) is 3.03. The van der Waals surface area contributed by atoms with E-state index in [-0.39, 0.29) is 11.2 Å². The molecule has 0 saturated heterocycles. The summed E-state index contributed by atoms with van der Waals surface area (Å²) in [6.07, 6.45) is 0.735. The monoisotopic (exact) mass is 288 g/mol. The van der Waals surface area contributed by atoms with E-state index < -0.39 is 4.92 Å². The van der Waals surface area contributed by atoms with E-state index in [0.717, 1.165) is 36.3 Å². The molecule has 0 fully saturated rings. The summed E-state index contributed by atoms with van der Waals surface area (Å²) in [4.78, 5) is 24.2. The topological polar surface area (TPSA) is 84.2 Å². The van der Waals surface area contributed by atoms with E-state index in [4.69, 9.17) is 0 Å². The Bertz CT molecular complexity index is 730. The smallest absolute Gasteiger partial charge is 0.269 e. The van der Waals surface area contributed by atoms with Gasteiger partial charge in [0.25, 0.3) is 11.2 Å². The van der Waals surface area contributed by atoms with Gasteiger partial charge in [-0.2, -0.15) is 0 Å². The van der Waals surface area contributed by atoms with Crippen LogP contribution < -0.4 is 5.56 Å². The molecule has 110 valence electrons. The van der Waals surface area contributed by atoms with Gasteiger partial charge in [-0.15, -0.1) is 0 Å². The van der Waals surface area contributed by atoms with Gasteiger partial charge in [0.05, 0.1) is 10.6 Å².